The maximum atomic E-state index is 6.30. The predicted octanol–water partition coefficient (Wildman–Crippen LogP) is 4.73. The quantitative estimate of drug-likeness (QED) is 0.812. The Morgan fingerprint density at radius 3 is 2.71 bits per heavy atom. The summed E-state index contributed by atoms with van der Waals surface area (Å²) in [5.41, 5.74) is 7.63. The molecule has 2 heteroatoms. The van der Waals surface area contributed by atoms with Gasteiger partial charge in [-0.3, -0.25) is 0 Å². The lowest BCUT2D eigenvalue weighted by Crippen LogP contribution is -2.09. The first-order chi connectivity index (χ1) is 8.18. The molecule has 2 rings (SSSR count). The van der Waals surface area contributed by atoms with Crippen LogP contribution < -0.4 is 5.73 Å². The monoisotopic (exact) mass is 247 g/mol. The van der Waals surface area contributed by atoms with E-state index in [1.165, 1.54) is 28.5 Å². The second-order valence-corrected chi connectivity index (χ2v) is 6.03. The van der Waals surface area contributed by atoms with E-state index in [0.717, 1.165) is 12.3 Å². The third kappa shape index (κ3) is 3.08. The van der Waals surface area contributed by atoms with Gasteiger partial charge in [-0.1, -0.05) is 44.9 Å². The van der Waals surface area contributed by atoms with Gasteiger partial charge in [0, 0.05) is 10.7 Å². The molecule has 0 radical (unpaired) electrons. The minimum atomic E-state index is 0.199. The van der Waals surface area contributed by atoms with E-state index in [1.807, 2.05) is 0 Å². The molecule has 2 aromatic rings. The summed E-state index contributed by atoms with van der Waals surface area (Å²) in [7, 11) is 0. The molecule has 0 saturated carbocycles. The number of rotatable bonds is 5. The zero-order valence-electron chi connectivity index (χ0n) is 10.6. The van der Waals surface area contributed by atoms with Crippen molar-refractivity contribution in [1.82, 2.24) is 0 Å². The van der Waals surface area contributed by atoms with Gasteiger partial charge in [0.25, 0.3) is 0 Å². The Labute approximate surface area is 108 Å². The molecule has 0 spiro atoms. The molecule has 1 heterocycles. The lowest BCUT2D eigenvalue weighted by molar-refractivity contribution is 0.507. The summed E-state index contributed by atoms with van der Waals surface area (Å²) in [6, 6.07) is 8.74. The molecule has 2 N–H and O–H groups in total. The highest BCUT2D eigenvalue weighted by Crippen LogP contribution is 2.31. The number of hydrogen-bond donors (Lipinski definition) is 1. The van der Waals surface area contributed by atoms with Crippen LogP contribution in [0, 0.1) is 5.92 Å². The molecule has 0 aliphatic rings. The van der Waals surface area contributed by atoms with Crippen LogP contribution in [-0.2, 0) is 0 Å². The Bertz CT molecular complexity index is 472. The molecule has 0 bridgehead atoms. The molecule has 1 aromatic carbocycles. The molecule has 1 atom stereocenters. The van der Waals surface area contributed by atoms with Gasteiger partial charge < -0.3 is 5.73 Å². The maximum Gasteiger partial charge on any atom is 0.0346 e. The summed E-state index contributed by atoms with van der Waals surface area (Å²) < 4.78 is 1.35. The standard InChI is InChI=1S/C15H21NS/c1-11(2)6-5-8-14(16)13-10-17-15-9-4-3-7-12(13)15/h3-4,7,9-11,14H,5-6,8,16H2,1-2H3. The summed E-state index contributed by atoms with van der Waals surface area (Å²) in [5.74, 6) is 0.779. The van der Waals surface area contributed by atoms with Gasteiger partial charge >= 0.3 is 0 Å². The lowest BCUT2D eigenvalue weighted by atomic mass is 9.98. The van der Waals surface area contributed by atoms with Gasteiger partial charge in [-0.2, -0.15) is 0 Å². The Balaban J connectivity index is 2.06. The third-order valence-corrected chi connectivity index (χ3v) is 4.19. The number of benzene rings is 1. The topological polar surface area (TPSA) is 26.0 Å². The van der Waals surface area contributed by atoms with E-state index in [-0.39, 0.29) is 6.04 Å². The van der Waals surface area contributed by atoms with E-state index in [1.54, 1.807) is 11.3 Å². The molecule has 0 aliphatic carbocycles. The number of fused-ring (bicyclic) bond motifs is 1. The molecule has 1 unspecified atom stereocenters. The van der Waals surface area contributed by atoms with Gasteiger partial charge in [-0.05, 0) is 34.7 Å². The molecule has 0 saturated heterocycles. The van der Waals surface area contributed by atoms with Crippen molar-refractivity contribution in [3.8, 4) is 0 Å². The highest BCUT2D eigenvalue weighted by Gasteiger charge is 2.11. The van der Waals surface area contributed by atoms with Gasteiger partial charge in [0.15, 0.2) is 0 Å². The molecular formula is C15H21NS. The Morgan fingerprint density at radius 1 is 1.18 bits per heavy atom. The van der Waals surface area contributed by atoms with E-state index in [0.29, 0.717) is 0 Å². The molecule has 0 aliphatic heterocycles. The Morgan fingerprint density at radius 2 is 1.94 bits per heavy atom. The maximum absolute atomic E-state index is 6.30. The molecule has 0 amide bonds. The predicted molar refractivity (Wildman–Crippen MR) is 77.4 cm³/mol. The largest absolute Gasteiger partial charge is 0.324 e. The van der Waals surface area contributed by atoms with Crippen LogP contribution in [0.2, 0.25) is 0 Å². The van der Waals surface area contributed by atoms with Crippen molar-refractivity contribution in [1.29, 1.82) is 0 Å². The highest BCUT2D eigenvalue weighted by atomic mass is 32.1. The van der Waals surface area contributed by atoms with E-state index in [2.05, 4.69) is 43.5 Å². The van der Waals surface area contributed by atoms with Crippen LogP contribution in [0.15, 0.2) is 29.6 Å². The Hall–Kier alpha value is -0.860. The average molecular weight is 247 g/mol. The molecular weight excluding hydrogens is 226 g/mol. The fourth-order valence-corrected chi connectivity index (χ4v) is 3.21. The summed E-state index contributed by atoms with van der Waals surface area (Å²) in [6.45, 7) is 4.54. The van der Waals surface area contributed by atoms with Gasteiger partial charge in [0.1, 0.15) is 0 Å². The highest BCUT2D eigenvalue weighted by molar-refractivity contribution is 7.17. The normalized spacial score (nSPS) is 13.4. The summed E-state index contributed by atoms with van der Waals surface area (Å²) in [6.07, 6.45) is 3.59. The second-order valence-electron chi connectivity index (χ2n) is 5.12. The van der Waals surface area contributed by atoms with Crippen LogP contribution in [0.5, 0.6) is 0 Å². The first-order valence-corrected chi connectivity index (χ1v) is 7.28. The van der Waals surface area contributed by atoms with Crippen molar-refractivity contribution in [2.24, 2.45) is 11.7 Å². The Kier molecular flexibility index (Phi) is 4.19. The number of nitrogens with two attached hydrogens (primary N) is 1. The molecule has 1 aromatic heterocycles. The van der Waals surface area contributed by atoms with Crippen LogP contribution >= 0.6 is 11.3 Å². The van der Waals surface area contributed by atoms with E-state index >= 15 is 0 Å². The van der Waals surface area contributed by atoms with Crippen LogP contribution in [0.3, 0.4) is 0 Å². The SMILES string of the molecule is CC(C)CCCC(N)c1csc2ccccc12. The average Bonchev–Trinajstić information content (AvgIpc) is 2.72. The number of thiophene rings is 1. The molecule has 17 heavy (non-hydrogen) atoms. The van der Waals surface area contributed by atoms with Crippen LogP contribution in [0.1, 0.15) is 44.7 Å². The van der Waals surface area contributed by atoms with Crippen molar-refractivity contribution < 1.29 is 0 Å². The van der Waals surface area contributed by atoms with Crippen LogP contribution in [0.25, 0.3) is 10.1 Å². The summed E-state index contributed by atoms with van der Waals surface area (Å²) in [5, 5.41) is 3.57. The van der Waals surface area contributed by atoms with Crippen molar-refractivity contribution >= 4 is 21.4 Å². The smallest absolute Gasteiger partial charge is 0.0346 e. The van der Waals surface area contributed by atoms with E-state index < -0.39 is 0 Å². The van der Waals surface area contributed by atoms with Crippen molar-refractivity contribution in [3.63, 3.8) is 0 Å². The second kappa shape index (κ2) is 5.65. The van der Waals surface area contributed by atoms with Gasteiger partial charge in [-0.15, -0.1) is 11.3 Å². The molecule has 92 valence electrons. The first-order valence-electron chi connectivity index (χ1n) is 6.40. The fourth-order valence-electron chi connectivity index (χ4n) is 2.19. The summed E-state index contributed by atoms with van der Waals surface area (Å²) in [4.78, 5) is 0. The van der Waals surface area contributed by atoms with Crippen molar-refractivity contribution in [3.05, 3.63) is 35.2 Å². The number of hydrogen-bond acceptors (Lipinski definition) is 2. The van der Waals surface area contributed by atoms with Crippen LogP contribution in [-0.4, -0.2) is 0 Å². The van der Waals surface area contributed by atoms with Crippen molar-refractivity contribution in [2.75, 3.05) is 0 Å². The van der Waals surface area contributed by atoms with Crippen LogP contribution in [0.4, 0.5) is 0 Å². The van der Waals surface area contributed by atoms with E-state index in [4.69, 9.17) is 5.73 Å². The zero-order valence-corrected chi connectivity index (χ0v) is 11.5. The summed E-state index contributed by atoms with van der Waals surface area (Å²) >= 11 is 1.80. The first kappa shape index (κ1) is 12.6. The van der Waals surface area contributed by atoms with Crippen molar-refractivity contribution in [2.45, 2.75) is 39.2 Å². The molecule has 0 fully saturated rings. The molecule has 1 nitrogen and oxygen atoms in total. The lowest BCUT2D eigenvalue weighted by Gasteiger charge is -2.11. The van der Waals surface area contributed by atoms with E-state index in [9.17, 15) is 0 Å². The van der Waals surface area contributed by atoms with Gasteiger partial charge in [0.2, 0.25) is 0 Å². The minimum absolute atomic E-state index is 0.199. The van der Waals surface area contributed by atoms with Gasteiger partial charge in [-0.25, -0.2) is 0 Å². The van der Waals surface area contributed by atoms with Gasteiger partial charge in [0.05, 0.1) is 0 Å². The third-order valence-electron chi connectivity index (χ3n) is 3.21. The fraction of sp³-hybridized carbons (Fsp3) is 0.467. The zero-order chi connectivity index (χ0) is 12.3. The minimum Gasteiger partial charge on any atom is -0.324 e.